The molecular formula is C20H14N6O4. The molecule has 0 bridgehead atoms. The van der Waals surface area contributed by atoms with Gasteiger partial charge in [0.15, 0.2) is 0 Å². The molecule has 4 aromatic rings. The molecule has 0 aliphatic carbocycles. The zero-order valence-electron chi connectivity index (χ0n) is 15.4. The molecule has 0 aliphatic rings. The zero-order chi connectivity index (χ0) is 20.9. The summed E-state index contributed by atoms with van der Waals surface area (Å²) < 4.78 is 6.94. The minimum atomic E-state index is -0.570. The Hall–Kier alpha value is -4.60. The maximum Gasteiger partial charge on any atom is 0.295 e. The third kappa shape index (κ3) is 4.12. The Bertz CT molecular complexity index is 1180. The van der Waals surface area contributed by atoms with Crippen molar-refractivity contribution in [3.63, 3.8) is 0 Å². The van der Waals surface area contributed by atoms with Crippen molar-refractivity contribution < 1.29 is 14.5 Å². The van der Waals surface area contributed by atoms with Gasteiger partial charge in [-0.1, -0.05) is 0 Å². The van der Waals surface area contributed by atoms with Crippen molar-refractivity contribution in [2.24, 2.45) is 0 Å². The van der Waals surface area contributed by atoms with E-state index in [-0.39, 0.29) is 16.9 Å². The Morgan fingerprint density at radius 2 is 1.73 bits per heavy atom. The standard InChI is InChI=1S/C20H14N6O4/c27-20(14-1-6-18(19(11-14)26(28)29)25-13-22-12-23-25)24-15-2-4-16(5-3-15)30-17-7-9-21-10-8-17/h1-13H,(H,24,27). The lowest BCUT2D eigenvalue weighted by atomic mass is 10.1. The number of carbonyl (C=O) groups excluding carboxylic acids is 1. The number of hydrogen-bond acceptors (Lipinski definition) is 7. The molecule has 0 saturated carbocycles. The molecule has 4 rings (SSSR count). The van der Waals surface area contributed by atoms with Crippen molar-refractivity contribution >= 4 is 17.3 Å². The van der Waals surface area contributed by atoms with Crippen molar-refractivity contribution in [1.29, 1.82) is 0 Å². The van der Waals surface area contributed by atoms with E-state index >= 15 is 0 Å². The van der Waals surface area contributed by atoms with Crippen LogP contribution in [0.3, 0.4) is 0 Å². The maximum atomic E-state index is 12.6. The maximum absolute atomic E-state index is 12.6. The molecule has 0 unspecified atom stereocenters. The number of anilines is 1. The fourth-order valence-corrected chi connectivity index (χ4v) is 2.69. The number of nitro benzene ring substituents is 1. The number of ether oxygens (including phenoxy) is 1. The third-order valence-electron chi connectivity index (χ3n) is 4.10. The Kier molecular flexibility index (Phi) is 5.12. The van der Waals surface area contributed by atoms with Crippen molar-refractivity contribution in [1.82, 2.24) is 19.7 Å². The van der Waals surface area contributed by atoms with Gasteiger partial charge in [0.2, 0.25) is 0 Å². The van der Waals surface area contributed by atoms with Crippen LogP contribution in [0, 0.1) is 10.1 Å². The smallest absolute Gasteiger partial charge is 0.295 e. The molecule has 0 radical (unpaired) electrons. The first-order chi connectivity index (χ1) is 14.6. The number of nitrogens with one attached hydrogen (secondary N) is 1. The van der Waals surface area contributed by atoms with Crippen LogP contribution in [0.2, 0.25) is 0 Å². The highest BCUT2D eigenvalue weighted by molar-refractivity contribution is 6.04. The molecule has 2 aromatic heterocycles. The first-order valence-electron chi connectivity index (χ1n) is 8.73. The molecule has 2 heterocycles. The average Bonchev–Trinajstić information content (AvgIpc) is 3.30. The number of hydrogen-bond donors (Lipinski definition) is 1. The van der Waals surface area contributed by atoms with E-state index in [4.69, 9.17) is 4.74 Å². The first-order valence-corrected chi connectivity index (χ1v) is 8.73. The first kappa shape index (κ1) is 18.7. The number of nitrogens with zero attached hydrogens (tertiary/aromatic N) is 5. The number of nitro groups is 1. The zero-order valence-corrected chi connectivity index (χ0v) is 15.4. The molecule has 0 saturated heterocycles. The van der Waals surface area contributed by atoms with Crippen LogP contribution in [-0.4, -0.2) is 30.6 Å². The molecule has 10 heteroatoms. The second kappa shape index (κ2) is 8.19. The van der Waals surface area contributed by atoms with Gasteiger partial charge in [-0.05, 0) is 48.5 Å². The molecule has 2 aromatic carbocycles. The molecule has 148 valence electrons. The summed E-state index contributed by atoms with van der Waals surface area (Å²) in [6, 6.07) is 14.3. The SMILES string of the molecule is O=C(Nc1ccc(Oc2ccncc2)cc1)c1ccc(-n2cncn2)c([N+](=O)[O-])c1. The highest BCUT2D eigenvalue weighted by Gasteiger charge is 2.19. The summed E-state index contributed by atoms with van der Waals surface area (Å²) in [6.45, 7) is 0. The highest BCUT2D eigenvalue weighted by atomic mass is 16.6. The van der Waals surface area contributed by atoms with E-state index in [0.29, 0.717) is 17.2 Å². The summed E-state index contributed by atoms with van der Waals surface area (Å²) >= 11 is 0. The van der Waals surface area contributed by atoms with E-state index in [1.165, 1.54) is 35.5 Å². The Balaban J connectivity index is 1.49. The fourth-order valence-electron chi connectivity index (χ4n) is 2.69. The van der Waals surface area contributed by atoms with Gasteiger partial charge in [-0.15, -0.1) is 0 Å². The van der Waals surface area contributed by atoms with E-state index in [1.807, 2.05) is 0 Å². The molecule has 10 nitrogen and oxygen atoms in total. The molecule has 0 aliphatic heterocycles. The van der Waals surface area contributed by atoms with Gasteiger partial charge in [-0.3, -0.25) is 19.9 Å². The van der Waals surface area contributed by atoms with E-state index in [1.54, 1.807) is 48.8 Å². The number of rotatable bonds is 6. The van der Waals surface area contributed by atoms with Gasteiger partial charge in [-0.25, -0.2) is 9.67 Å². The summed E-state index contributed by atoms with van der Waals surface area (Å²) in [7, 11) is 0. The van der Waals surface area contributed by atoms with E-state index in [0.717, 1.165) is 0 Å². The van der Waals surface area contributed by atoms with E-state index in [2.05, 4.69) is 20.4 Å². The van der Waals surface area contributed by atoms with Gasteiger partial charge in [0, 0.05) is 29.7 Å². The third-order valence-corrected chi connectivity index (χ3v) is 4.10. The van der Waals surface area contributed by atoms with Gasteiger partial charge in [0.1, 0.15) is 29.8 Å². The van der Waals surface area contributed by atoms with E-state index in [9.17, 15) is 14.9 Å². The minimum Gasteiger partial charge on any atom is -0.457 e. The predicted octanol–water partition coefficient (Wildman–Crippen LogP) is 3.62. The molecule has 0 fully saturated rings. The van der Waals surface area contributed by atoms with E-state index < -0.39 is 10.8 Å². The van der Waals surface area contributed by atoms with Crippen LogP contribution in [-0.2, 0) is 0 Å². The Morgan fingerprint density at radius 3 is 2.40 bits per heavy atom. The van der Waals surface area contributed by atoms with Gasteiger partial charge in [0.05, 0.1) is 4.92 Å². The van der Waals surface area contributed by atoms with Crippen molar-refractivity contribution in [2.45, 2.75) is 0 Å². The Labute approximate surface area is 169 Å². The summed E-state index contributed by atoms with van der Waals surface area (Å²) in [4.78, 5) is 31.1. The highest BCUT2D eigenvalue weighted by Crippen LogP contribution is 2.25. The summed E-state index contributed by atoms with van der Waals surface area (Å²) in [5.74, 6) is 0.750. The molecule has 0 spiro atoms. The van der Waals surface area contributed by atoms with Crippen LogP contribution in [0.25, 0.3) is 5.69 Å². The second-order valence-electron chi connectivity index (χ2n) is 6.06. The van der Waals surface area contributed by atoms with Crippen LogP contribution in [0.1, 0.15) is 10.4 Å². The molecule has 1 N–H and O–H groups in total. The molecular weight excluding hydrogens is 388 g/mol. The summed E-state index contributed by atoms with van der Waals surface area (Å²) in [5.41, 5.74) is 0.619. The second-order valence-corrected chi connectivity index (χ2v) is 6.06. The van der Waals surface area contributed by atoms with Crippen LogP contribution < -0.4 is 10.1 Å². The monoisotopic (exact) mass is 402 g/mol. The Morgan fingerprint density at radius 1 is 1.00 bits per heavy atom. The van der Waals surface area contributed by atoms with Crippen LogP contribution in [0.5, 0.6) is 11.5 Å². The number of carbonyl (C=O) groups is 1. The molecule has 30 heavy (non-hydrogen) atoms. The van der Waals surface area contributed by atoms with Gasteiger partial charge >= 0.3 is 0 Å². The molecule has 0 atom stereocenters. The van der Waals surface area contributed by atoms with Crippen LogP contribution in [0.4, 0.5) is 11.4 Å². The quantitative estimate of drug-likeness (QED) is 0.386. The number of aromatic nitrogens is 4. The minimum absolute atomic E-state index is 0.141. The van der Waals surface area contributed by atoms with Crippen molar-refractivity contribution in [3.8, 4) is 17.2 Å². The normalized spacial score (nSPS) is 10.4. The number of pyridine rings is 1. The van der Waals surface area contributed by atoms with Gasteiger partial charge in [-0.2, -0.15) is 5.10 Å². The topological polar surface area (TPSA) is 125 Å². The fraction of sp³-hybridized carbons (Fsp3) is 0. The lowest BCUT2D eigenvalue weighted by Gasteiger charge is -2.09. The van der Waals surface area contributed by atoms with Crippen LogP contribution in [0.15, 0.2) is 79.6 Å². The van der Waals surface area contributed by atoms with Gasteiger partial charge in [0.25, 0.3) is 11.6 Å². The number of benzene rings is 2. The summed E-state index contributed by atoms with van der Waals surface area (Å²) in [5, 5.41) is 18.0. The van der Waals surface area contributed by atoms with Gasteiger partial charge < -0.3 is 10.1 Å². The lowest BCUT2D eigenvalue weighted by Crippen LogP contribution is -2.13. The van der Waals surface area contributed by atoms with Crippen LogP contribution >= 0.6 is 0 Å². The average molecular weight is 402 g/mol. The summed E-state index contributed by atoms with van der Waals surface area (Å²) in [6.07, 6.45) is 5.86. The number of amides is 1. The predicted molar refractivity (Wildman–Crippen MR) is 107 cm³/mol. The molecule has 1 amide bonds. The largest absolute Gasteiger partial charge is 0.457 e. The lowest BCUT2D eigenvalue weighted by molar-refractivity contribution is -0.384. The van der Waals surface area contributed by atoms with Crippen molar-refractivity contribution in [3.05, 3.63) is 95.3 Å². The van der Waals surface area contributed by atoms with Crippen molar-refractivity contribution in [2.75, 3.05) is 5.32 Å².